The molecule has 0 aromatic carbocycles. The van der Waals surface area contributed by atoms with Gasteiger partial charge < -0.3 is 0 Å². The Hall–Kier alpha value is 0.0600. The van der Waals surface area contributed by atoms with Gasteiger partial charge in [0, 0.05) is 0 Å². The van der Waals surface area contributed by atoms with Gasteiger partial charge in [-0.1, -0.05) is 0 Å². The van der Waals surface area contributed by atoms with Gasteiger partial charge in [-0.3, -0.25) is 0 Å². The van der Waals surface area contributed by atoms with Crippen molar-refractivity contribution < 1.29 is 20.9 Å². The molecule has 8 heteroatoms. The molecule has 1 saturated heterocycles. The number of rotatable bonds is 0. The summed E-state index contributed by atoms with van der Waals surface area (Å²) >= 11 is 0. The second kappa shape index (κ2) is 1.31. The highest BCUT2D eigenvalue weighted by Crippen LogP contribution is 2.53. The molecule has 0 aromatic heterocycles. The molecule has 48 valence electrons. The van der Waals surface area contributed by atoms with E-state index in [1.165, 1.54) is 0 Å². The maximum Gasteiger partial charge on any atom is 0.435 e. The standard InChI is InChI=1S/H2NO5PS/c1-7(2)5-8(3,4)6-7/h(H2,1,2). The third kappa shape index (κ3) is 1.07. The molecule has 0 radical (unpaired) electrons. The van der Waals surface area contributed by atoms with E-state index in [1.54, 1.807) is 0 Å². The highest BCUT2D eigenvalue weighted by molar-refractivity contribution is 7.96. The van der Waals surface area contributed by atoms with Crippen molar-refractivity contribution in [3.8, 4) is 0 Å². The van der Waals surface area contributed by atoms with E-state index >= 15 is 0 Å². The lowest BCUT2D eigenvalue weighted by atomic mass is 13.9. The maximum absolute atomic E-state index is 10.0. The maximum atomic E-state index is 10.0. The van der Waals surface area contributed by atoms with E-state index in [0.29, 0.717) is 0 Å². The Balaban J connectivity index is 2.84. The van der Waals surface area contributed by atoms with E-state index in [2.05, 4.69) is 13.4 Å². The largest absolute Gasteiger partial charge is 0.435 e. The monoisotopic (exact) mass is 159 g/mol. The minimum absolute atomic E-state index is 3.60. The van der Waals surface area contributed by atoms with Gasteiger partial charge in [0.05, 0.1) is 0 Å². The molecule has 1 heterocycles. The van der Waals surface area contributed by atoms with Crippen LogP contribution >= 0.6 is 7.75 Å². The van der Waals surface area contributed by atoms with E-state index in [1.807, 2.05) is 0 Å². The van der Waals surface area contributed by atoms with Crippen LogP contribution in [0.3, 0.4) is 0 Å². The summed E-state index contributed by atoms with van der Waals surface area (Å²) < 4.78 is 36.8. The Morgan fingerprint density at radius 2 is 1.75 bits per heavy atom. The SMILES string of the molecule is NP1(=O)OS(=O)(=O)O1. The van der Waals surface area contributed by atoms with Crippen LogP contribution in [0.15, 0.2) is 0 Å². The summed E-state index contributed by atoms with van der Waals surface area (Å²) in [6, 6.07) is 0. The lowest BCUT2D eigenvalue weighted by Crippen LogP contribution is -2.23. The molecular formula is H2NO5PS. The van der Waals surface area contributed by atoms with Gasteiger partial charge in [-0.2, -0.15) is 16.4 Å². The van der Waals surface area contributed by atoms with Crippen LogP contribution in [0.1, 0.15) is 0 Å². The van der Waals surface area contributed by atoms with Gasteiger partial charge in [0.15, 0.2) is 0 Å². The minimum Gasteiger partial charge on any atom is -0.239 e. The molecule has 2 N–H and O–H groups in total. The van der Waals surface area contributed by atoms with Crippen LogP contribution in [0.2, 0.25) is 0 Å². The summed E-state index contributed by atoms with van der Waals surface area (Å²) in [5.41, 5.74) is 4.53. The zero-order valence-electron chi connectivity index (χ0n) is 3.47. The van der Waals surface area contributed by atoms with E-state index in [0.717, 1.165) is 0 Å². The molecule has 1 fully saturated rings. The molecule has 0 amide bonds. The number of hydrogen-bond acceptors (Lipinski definition) is 5. The smallest absolute Gasteiger partial charge is 0.239 e. The van der Waals surface area contributed by atoms with Gasteiger partial charge in [0.2, 0.25) is 0 Å². The van der Waals surface area contributed by atoms with Crippen molar-refractivity contribution in [1.29, 1.82) is 0 Å². The first-order valence-electron chi connectivity index (χ1n) is 1.47. The van der Waals surface area contributed by atoms with Crippen LogP contribution in [-0.2, 0) is 22.9 Å². The van der Waals surface area contributed by atoms with Gasteiger partial charge in [0.25, 0.3) is 0 Å². The van der Waals surface area contributed by atoms with Crippen molar-refractivity contribution in [3.63, 3.8) is 0 Å². The Morgan fingerprint density at radius 3 is 1.75 bits per heavy atom. The van der Waals surface area contributed by atoms with Crippen molar-refractivity contribution in [2.24, 2.45) is 5.50 Å². The highest BCUT2D eigenvalue weighted by atomic mass is 32.3. The summed E-state index contributed by atoms with van der Waals surface area (Å²) in [4.78, 5) is 0. The van der Waals surface area contributed by atoms with E-state index < -0.39 is 18.1 Å². The summed E-state index contributed by atoms with van der Waals surface area (Å²) in [6.45, 7) is 0. The minimum atomic E-state index is -3.98. The van der Waals surface area contributed by atoms with Crippen molar-refractivity contribution in [3.05, 3.63) is 0 Å². The topological polar surface area (TPSA) is 95.7 Å². The van der Waals surface area contributed by atoms with E-state index in [9.17, 15) is 13.0 Å². The summed E-state index contributed by atoms with van der Waals surface area (Å²) in [6.07, 6.45) is 0. The third-order valence-electron chi connectivity index (χ3n) is 0.390. The molecule has 6 nitrogen and oxygen atoms in total. The molecule has 8 heavy (non-hydrogen) atoms. The fourth-order valence-electron chi connectivity index (χ4n) is 0.260. The van der Waals surface area contributed by atoms with E-state index in [4.69, 9.17) is 0 Å². The molecule has 0 atom stereocenters. The van der Waals surface area contributed by atoms with Crippen LogP contribution in [-0.4, -0.2) is 8.42 Å². The van der Waals surface area contributed by atoms with Crippen LogP contribution in [0, 0.1) is 0 Å². The average molecular weight is 159 g/mol. The molecule has 0 unspecified atom stereocenters. The molecule has 0 spiro atoms. The van der Waals surface area contributed by atoms with Crippen LogP contribution < -0.4 is 5.50 Å². The quantitative estimate of drug-likeness (QED) is 0.471. The number of nitrogens with two attached hydrogens (primary N) is 1. The zero-order valence-corrected chi connectivity index (χ0v) is 5.18. The average Bonchev–Trinajstić information content (AvgIpc) is 1.20. The first kappa shape index (κ1) is 6.18. The normalized spacial score (nSPS) is 31.1. The first-order valence-corrected chi connectivity index (χ1v) is 4.42. The molecule has 0 aromatic rings. The molecule has 1 aliphatic heterocycles. The van der Waals surface area contributed by atoms with Gasteiger partial charge in [-0.05, 0) is 0 Å². The number of hydrogen-bond donors (Lipinski definition) is 1. The Bertz CT molecular complexity index is 221. The Kier molecular flexibility index (Phi) is 1.01. The Morgan fingerprint density at radius 1 is 1.38 bits per heavy atom. The fraction of sp³-hybridized carbons (Fsp3) is 0. The lowest BCUT2D eigenvalue weighted by Gasteiger charge is -2.18. The molecule has 0 aliphatic carbocycles. The van der Waals surface area contributed by atoms with Crippen molar-refractivity contribution in [1.82, 2.24) is 0 Å². The fourth-order valence-corrected chi connectivity index (χ4v) is 2.34. The van der Waals surface area contributed by atoms with Crippen LogP contribution in [0.5, 0.6) is 0 Å². The molecule has 1 aliphatic rings. The van der Waals surface area contributed by atoms with Gasteiger partial charge in [0.1, 0.15) is 0 Å². The first-order chi connectivity index (χ1) is 3.41. The van der Waals surface area contributed by atoms with Gasteiger partial charge in [-0.15, -0.1) is 0 Å². The zero-order chi connectivity index (χ0) is 6.41. The Labute approximate surface area is 45.5 Å². The van der Waals surface area contributed by atoms with Crippen molar-refractivity contribution >= 4 is 18.1 Å². The third-order valence-corrected chi connectivity index (χ3v) is 3.51. The molecule has 0 saturated carbocycles. The summed E-state index contributed by atoms with van der Waals surface area (Å²) in [5.74, 6) is 0. The molecule has 1 rings (SSSR count). The van der Waals surface area contributed by atoms with E-state index in [-0.39, 0.29) is 0 Å². The molecule has 0 bridgehead atoms. The van der Waals surface area contributed by atoms with Crippen molar-refractivity contribution in [2.75, 3.05) is 0 Å². The predicted molar refractivity (Wildman–Crippen MR) is 22.9 cm³/mol. The second-order valence-corrected chi connectivity index (χ2v) is 4.19. The predicted octanol–water partition coefficient (Wildman–Crippen LogP) is -0.655. The summed E-state index contributed by atoms with van der Waals surface area (Å²) in [5, 5.41) is 0. The molecular weight excluding hydrogens is 157 g/mol. The second-order valence-electron chi connectivity index (χ2n) is 1.10. The van der Waals surface area contributed by atoms with Crippen LogP contribution in [0.25, 0.3) is 0 Å². The van der Waals surface area contributed by atoms with Gasteiger partial charge >= 0.3 is 18.1 Å². The highest BCUT2D eigenvalue weighted by Gasteiger charge is 2.45. The van der Waals surface area contributed by atoms with Crippen LogP contribution in [0.4, 0.5) is 0 Å². The summed E-state index contributed by atoms with van der Waals surface area (Å²) in [7, 11) is -7.65. The van der Waals surface area contributed by atoms with Crippen molar-refractivity contribution in [2.45, 2.75) is 0 Å². The lowest BCUT2D eigenvalue weighted by molar-refractivity contribution is 0.285. The van der Waals surface area contributed by atoms with Gasteiger partial charge in [-0.25, -0.2) is 10.1 Å².